The summed E-state index contributed by atoms with van der Waals surface area (Å²) in [6, 6.07) is 25.4. The Morgan fingerprint density at radius 3 is 2.18 bits per heavy atom. The molecule has 4 aromatic rings. The van der Waals surface area contributed by atoms with Gasteiger partial charge in [0.1, 0.15) is 11.4 Å². The lowest BCUT2D eigenvalue weighted by molar-refractivity contribution is 0.0747. The molecule has 1 aliphatic heterocycles. The fraction of sp³-hybridized carbons (Fsp3) is 0.214. The van der Waals surface area contributed by atoms with Gasteiger partial charge in [0.05, 0.1) is 11.3 Å². The summed E-state index contributed by atoms with van der Waals surface area (Å²) in [5, 5.41) is 14.4. The summed E-state index contributed by atoms with van der Waals surface area (Å²) >= 11 is 0. The van der Waals surface area contributed by atoms with Gasteiger partial charge in [-0.25, -0.2) is 4.68 Å². The molecule has 6 heteroatoms. The van der Waals surface area contributed by atoms with Crippen LogP contribution in [0.4, 0.5) is 5.69 Å². The zero-order valence-corrected chi connectivity index (χ0v) is 19.3. The summed E-state index contributed by atoms with van der Waals surface area (Å²) in [6.45, 7) is 4.87. The third-order valence-electron chi connectivity index (χ3n) is 6.38. The first-order valence-electron chi connectivity index (χ1n) is 11.7. The number of anilines is 1. The number of aryl methyl sites for hydroxylation is 1. The Hall–Kier alpha value is -4.06. The van der Waals surface area contributed by atoms with Crippen LogP contribution in [0.25, 0.3) is 16.9 Å². The van der Waals surface area contributed by atoms with Crippen LogP contribution < -0.4 is 4.90 Å². The van der Waals surface area contributed by atoms with Crippen molar-refractivity contribution in [1.82, 2.24) is 14.7 Å². The van der Waals surface area contributed by atoms with Crippen molar-refractivity contribution < 1.29 is 9.90 Å². The van der Waals surface area contributed by atoms with E-state index in [4.69, 9.17) is 5.10 Å². The molecule has 2 heterocycles. The first-order valence-corrected chi connectivity index (χ1v) is 11.7. The number of amides is 1. The average molecular weight is 453 g/mol. The van der Waals surface area contributed by atoms with Gasteiger partial charge in [0.2, 0.25) is 0 Å². The number of carbonyl (C=O) groups excluding carboxylic acids is 1. The molecule has 1 N–H and O–H groups in total. The Morgan fingerprint density at radius 1 is 0.853 bits per heavy atom. The van der Waals surface area contributed by atoms with E-state index in [1.807, 2.05) is 53.6 Å². The van der Waals surface area contributed by atoms with Gasteiger partial charge in [-0.2, -0.15) is 5.10 Å². The number of piperazine rings is 1. The zero-order chi connectivity index (χ0) is 23.5. The minimum atomic E-state index is 0.00195. The van der Waals surface area contributed by atoms with Gasteiger partial charge in [-0.15, -0.1) is 0 Å². The van der Waals surface area contributed by atoms with Crippen molar-refractivity contribution in [3.8, 4) is 22.7 Å². The van der Waals surface area contributed by atoms with Crippen LogP contribution in [0.3, 0.4) is 0 Å². The van der Waals surface area contributed by atoms with Gasteiger partial charge in [-0.1, -0.05) is 49.4 Å². The van der Waals surface area contributed by atoms with Crippen molar-refractivity contribution in [3.63, 3.8) is 0 Å². The largest absolute Gasteiger partial charge is 0.508 e. The van der Waals surface area contributed by atoms with Crippen LogP contribution in [0.15, 0.2) is 85.1 Å². The van der Waals surface area contributed by atoms with Crippen molar-refractivity contribution in [2.75, 3.05) is 31.1 Å². The maximum atomic E-state index is 13.7. The molecule has 0 aliphatic carbocycles. The lowest BCUT2D eigenvalue weighted by atomic mass is 10.0. The number of nitrogens with zero attached hydrogens (tertiary/aromatic N) is 4. The number of hydrogen-bond donors (Lipinski definition) is 1. The third-order valence-corrected chi connectivity index (χ3v) is 6.38. The van der Waals surface area contributed by atoms with Gasteiger partial charge in [0, 0.05) is 43.6 Å². The summed E-state index contributed by atoms with van der Waals surface area (Å²) in [4.78, 5) is 17.8. The number of phenols is 1. The molecule has 0 bridgehead atoms. The number of benzene rings is 3. The fourth-order valence-corrected chi connectivity index (χ4v) is 4.36. The molecule has 6 nitrogen and oxygen atoms in total. The Kier molecular flexibility index (Phi) is 6.04. The maximum Gasteiger partial charge on any atom is 0.257 e. The SMILES string of the molecule is CCc1ccc(-c2nn(-c3ccccc3)cc2C(=O)N2CCN(c3ccc(O)cc3)CC2)cc1. The van der Waals surface area contributed by atoms with E-state index < -0.39 is 0 Å². The van der Waals surface area contributed by atoms with Crippen LogP contribution in [0, 0.1) is 0 Å². The summed E-state index contributed by atoms with van der Waals surface area (Å²) in [7, 11) is 0. The van der Waals surface area contributed by atoms with E-state index in [0.717, 1.165) is 36.4 Å². The van der Waals surface area contributed by atoms with Crippen LogP contribution in [0.1, 0.15) is 22.8 Å². The van der Waals surface area contributed by atoms with Crippen LogP contribution in [-0.4, -0.2) is 51.9 Å². The fourth-order valence-electron chi connectivity index (χ4n) is 4.36. The van der Waals surface area contributed by atoms with Gasteiger partial charge < -0.3 is 14.9 Å². The maximum absolute atomic E-state index is 13.7. The quantitative estimate of drug-likeness (QED) is 0.474. The van der Waals surface area contributed by atoms with Gasteiger partial charge in [-0.05, 0) is 48.4 Å². The second kappa shape index (κ2) is 9.43. The zero-order valence-electron chi connectivity index (χ0n) is 19.3. The van der Waals surface area contributed by atoms with Crippen molar-refractivity contribution in [2.24, 2.45) is 0 Å². The van der Waals surface area contributed by atoms with Crippen LogP contribution in [0.5, 0.6) is 5.75 Å². The second-order valence-corrected chi connectivity index (χ2v) is 8.52. The van der Waals surface area contributed by atoms with Gasteiger partial charge >= 0.3 is 0 Å². The Morgan fingerprint density at radius 2 is 1.53 bits per heavy atom. The van der Waals surface area contributed by atoms with Gasteiger partial charge in [-0.3, -0.25) is 4.79 Å². The van der Waals surface area contributed by atoms with Crippen molar-refractivity contribution in [1.29, 1.82) is 0 Å². The summed E-state index contributed by atoms with van der Waals surface area (Å²) in [5.74, 6) is 0.259. The van der Waals surface area contributed by atoms with E-state index in [9.17, 15) is 9.90 Å². The number of rotatable bonds is 5. The minimum absolute atomic E-state index is 0.00195. The molecule has 1 aliphatic rings. The lowest BCUT2D eigenvalue weighted by Gasteiger charge is -2.36. The molecule has 0 spiro atoms. The van der Waals surface area contributed by atoms with E-state index in [1.165, 1.54) is 5.56 Å². The molecule has 1 saturated heterocycles. The monoisotopic (exact) mass is 452 g/mol. The van der Waals surface area contributed by atoms with E-state index in [0.29, 0.717) is 24.3 Å². The van der Waals surface area contributed by atoms with Crippen molar-refractivity contribution >= 4 is 11.6 Å². The molecular weight excluding hydrogens is 424 g/mol. The minimum Gasteiger partial charge on any atom is -0.508 e. The van der Waals surface area contributed by atoms with Gasteiger partial charge in [0.15, 0.2) is 0 Å². The molecule has 1 fully saturated rings. The molecule has 0 saturated carbocycles. The third kappa shape index (κ3) is 4.39. The van der Waals surface area contributed by atoms with Crippen molar-refractivity contribution in [3.05, 3.63) is 96.2 Å². The topological polar surface area (TPSA) is 61.6 Å². The highest BCUT2D eigenvalue weighted by Gasteiger charge is 2.27. The van der Waals surface area contributed by atoms with E-state index in [1.54, 1.807) is 16.8 Å². The predicted molar refractivity (Wildman–Crippen MR) is 135 cm³/mol. The summed E-state index contributed by atoms with van der Waals surface area (Å²) < 4.78 is 1.79. The number of aromatic hydroxyl groups is 1. The number of carbonyl (C=O) groups is 1. The normalized spacial score (nSPS) is 13.8. The molecule has 0 radical (unpaired) electrons. The second-order valence-electron chi connectivity index (χ2n) is 8.52. The highest BCUT2D eigenvalue weighted by molar-refractivity contribution is 6.00. The van der Waals surface area contributed by atoms with Crippen LogP contribution in [0.2, 0.25) is 0 Å². The van der Waals surface area contributed by atoms with Crippen LogP contribution >= 0.6 is 0 Å². The predicted octanol–water partition coefficient (Wildman–Crippen LogP) is 4.77. The van der Waals surface area contributed by atoms with E-state index in [2.05, 4.69) is 36.1 Å². The number of para-hydroxylation sites is 1. The lowest BCUT2D eigenvalue weighted by Crippen LogP contribution is -2.48. The Balaban J connectivity index is 1.42. The first-order chi connectivity index (χ1) is 16.6. The molecule has 172 valence electrons. The molecule has 1 aromatic heterocycles. The molecule has 3 aromatic carbocycles. The average Bonchev–Trinajstić information content (AvgIpc) is 3.35. The van der Waals surface area contributed by atoms with Gasteiger partial charge in [0.25, 0.3) is 5.91 Å². The molecule has 5 rings (SSSR count). The molecule has 34 heavy (non-hydrogen) atoms. The smallest absolute Gasteiger partial charge is 0.257 e. The standard InChI is InChI=1S/C28H28N4O2/c1-2-21-8-10-22(11-9-21)27-26(20-32(29-27)24-6-4-3-5-7-24)28(34)31-18-16-30(17-19-31)23-12-14-25(33)15-13-23/h3-15,20,33H,2,16-19H2,1H3. The molecule has 0 unspecified atom stereocenters. The van der Waals surface area contributed by atoms with Crippen LogP contribution in [-0.2, 0) is 6.42 Å². The number of aromatic nitrogens is 2. The molecule has 1 amide bonds. The number of hydrogen-bond acceptors (Lipinski definition) is 4. The van der Waals surface area contributed by atoms with E-state index >= 15 is 0 Å². The van der Waals surface area contributed by atoms with Crippen molar-refractivity contribution in [2.45, 2.75) is 13.3 Å². The summed E-state index contributed by atoms with van der Waals surface area (Å²) in [5.41, 5.74) is 5.50. The Bertz CT molecular complexity index is 1260. The highest BCUT2D eigenvalue weighted by Crippen LogP contribution is 2.27. The molecule has 0 atom stereocenters. The highest BCUT2D eigenvalue weighted by atomic mass is 16.3. The van der Waals surface area contributed by atoms with E-state index in [-0.39, 0.29) is 11.7 Å². The first kappa shape index (κ1) is 21.8. The number of phenolic OH excluding ortho intramolecular Hbond substituents is 1. The molecular formula is C28H28N4O2. The Labute approximate surface area is 199 Å². The summed E-state index contributed by atoms with van der Waals surface area (Å²) in [6.07, 6.45) is 2.82.